The van der Waals surface area contributed by atoms with Crippen LogP contribution in [0.1, 0.15) is 24.1 Å². The Morgan fingerprint density at radius 2 is 2.32 bits per heavy atom. The summed E-state index contributed by atoms with van der Waals surface area (Å²) >= 11 is 1.62. The van der Waals surface area contributed by atoms with E-state index in [0.29, 0.717) is 5.13 Å². The Kier molecular flexibility index (Phi) is 5.45. The lowest BCUT2D eigenvalue weighted by Gasteiger charge is -2.35. The molecule has 6 heteroatoms. The van der Waals surface area contributed by atoms with Crippen LogP contribution < -0.4 is 5.73 Å². The molecule has 3 heterocycles. The summed E-state index contributed by atoms with van der Waals surface area (Å²) < 4.78 is 5.52. The number of hydrogen-bond donors (Lipinski definition) is 1. The van der Waals surface area contributed by atoms with Crippen LogP contribution in [0.3, 0.4) is 0 Å². The molecule has 1 aromatic heterocycles. The number of ether oxygens (including phenoxy) is 1. The normalized spacial score (nSPS) is 28.2. The zero-order chi connectivity index (χ0) is 12.4. The van der Waals surface area contributed by atoms with E-state index in [1.54, 1.807) is 11.3 Å². The zero-order valence-electron chi connectivity index (χ0n) is 11.1. The van der Waals surface area contributed by atoms with Gasteiger partial charge in [0.2, 0.25) is 0 Å². The Labute approximate surface area is 124 Å². The summed E-state index contributed by atoms with van der Waals surface area (Å²) in [4.78, 5) is 7.97. The van der Waals surface area contributed by atoms with Crippen molar-refractivity contribution in [3.8, 4) is 0 Å². The Balaban J connectivity index is 0.00000133. The lowest BCUT2D eigenvalue weighted by Crippen LogP contribution is -2.38. The van der Waals surface area contributed by atoms with Crippen molar-refractivity contribution >= 4 is 28.9 Å². The molecule has 0 aliphatic carbocycles. The highest BCUT2D eigenvalue weighted by Crippen LogP contribution is 2.30. The van der Waals surface area contributed by atoms with E-state index in [0.717, 1.165) is 31.6 Å². The van der Waals surface area contributed by atoms with E-state index in [1.165, 1.54) is 37.2 Å². The number of piperidine rings is 1. The van der Waals surface area contributed by atoms with Crippen LogP contribution in [0.4, 0.5) is 5.13 Å². The first-order valence-electron chi connectivity index (χ1n) is 6.81. The fraction of sp³-hybridized carbons (Fsp3) is 0.769. The van der Waals surface area contributed by atoms with Gasteiger partial charge in [-0.1, -0.05) is 0 Å². The van der Waals surface area contributed by atoms with Gasteiger partial charge >= 0.3 is 0 Å². The number of hydrogen-bond acceptors (Lipinski definition) is 5. The fourth-order valence-corrected chi connectivity index (χ4v) is 3.89. The number of likely N-dealkylation sites (tertiary alicyclic amines) is 1. The first-order valence-corrected chi connectivity index (χ1v) is 7.63. The van der Waals surface area contributed by atoms with Gasteiger partial charge in [-0.15, -0.1) is 23.7 Å². The van der Waals surface area contributed by atoms with Gasteiger partial charge in [-0.25, -0.2) is 4.98 Å². The highest BCUT2D eigenvalue weighted by molar-refractivity contribution is 7.15. The molecule has 2 aliphatic rings. The maximum Gasteiger partial charge on any atom is 0.180 e. The molecule has 0 bridgehead atoms. The summed E-state index contributed by atoms with van der Waals surface area (Å²) in [6.45, 7) is 5.38. The summed E-state index contributed by atoms with van der Waals surface area (Å²) in [5.41, 5.74) is 5.68. The number of nitrogens with zero attached hydrogens (tertiary/aromatic N) is 2. The van der Waals surface area contributed by atoms with Gasteiger partial charge in [-0.05, 0) is 37.6 Å². The van der Waals surface area contributed by atoms with Crippen LogP contribution >= 0.6 is 23.7 Å². The predicted octanol–water partition coefficient (Wildman–Crippen LogP) is 2.40. The van der Waals surface area contributed by atoms with Crippen molar-refractivity contribution in [1.82, 2.24) is 9.88 Å². The molecule has 2 fully saturated rings. The van der Waals surface area contributed by atoms with E-state index in [-0.39, 0.29) is 12.4 Å². The van der Waals surface area contributed by atoms with Gasteiger partial charge < -0.3 is 10.5 Å². The Hall–Kier alpha value is -0.360. The van der Waals surface area contributed by atoms with E-state index < -0.39 is 0 Å². The van der Waals surface area contributed by atoms with E-state index in [1.807, 2.05) is 6.20 Å². The van der Waals surface area contributed by atoms with Crippen LogP contribution in [-0.2, 0) is 11.3 Å². The molecular formula is C13H22ClN3OS. The topological polar surface area (TPSA) is 51.4 Å². The van der Waals surface area contributed by atoms with Gasteiger partial charge in [0.05, 0.1) is 0 Å². The molecule has 0 amide bonds. The van der Waals surface area contributed by atoms with Crippen molar-refractivity contribution in [1.29, 1.82) is 0 Å². The van der Waals surface area contributed by atoms with Crippen molar-refractivity contribution in [3.05, 3.63) is 11.1 Å². The second-order valence-corrected chi connectivity index (χ2v) is 6.57. The molecule has 2 saturated heterocycles. The van der Waals surface area contributed by atoms with Gasteiger partial charge in [-0.2, -0.15) is 0 Å². The van der Waals surface area contributed by atoms with Crippen molar-refractivity contribution in [2.24, 2.45) is 11.8 Å². The minimum absolute atomic E-state index is 0. The second-order valence-electron chi connectivity index (χ2n) is 5.43. The Morgan fingerprint density at radius 3 is 3.00 bits per heavy atom. The van der Waals surface area contributed by atoms with Crippen molar-refractivity contribution < 1.29 is 4.74 Å². The van der Waals surface area contributed by atoms with Crippen LogP contribution in [0.25, 0.3) is 0 Å². The average Bonchev–Trinajstić information content (AvgIpc) is 3.01. The van der Waals surface area contributed by atoms with E-state index >= 15 is 0 Å². The van der Waals surface area contributed by atoms with Crippen molar-refractivity contribution in [2.75, 3.05) is 32.0 Å². The minimum atomic E-state index is 0. The van der Waals surface area contributed by atoms with Gasteiger partial charge in [0.15, 0.2) is 5.13 Å². The molecule has 3 rings (SSSR count). The first kappa shape index (κ1) is 15.0. The molecule has 2 N–H and O–H groups in total. The number of anilines is 1. The lowest BCUT2D eigenvalue weighted by molar-refractivity contribution is 0.112. The Morgan fingerprint density at radius 1 is 1.42 bits per heavy atom. The second kappa shape index (κ2) is 6.88. The largest absolute Gasteiger partial charge is 0.381 e. The summed E-state index contributed by atoms with van der Waals surface area (Å²) in [6, 6.07) is 0. The molecule has 0 aromatic carbocycles. The lowest BCUT2D eigenvalue weighted by atomic mass is 9.85. The molecule has 0 radical (unpaired) electrons. The molecule has 2 aliphatic heterocycles. The number of halogens is 1. The minimum Gasteiger partial charge on any atom is -0.381 e. The number of nitrogens with two attached hydrogens (primary N) is 1. The maximum atomic E-state index is 5.68. The summed E-state index contributed by atoms with van der Waals surface area (Å²) in [5.74, 6) is 1.62. The van der Waals surface area contributed by atoms with Crippen molar-refractivity contribution in [2.45, 2.75) is 25.8 Å². The fourth-order valence-electron chi connectivity index (χ4n) is 3.16. The number of rotatable bonds is 3. The zero-order valence-corrected chi connectivity index (χ0v) is 12.7. The molecule has 2 unspecified atom stereocenters. The van der Waals surface area contributed by atoms with Gasteiger partial charge in [0, 0.05) is 37.4 Å². The molecular weight excluding hydrogens is 282 g/mol. The van der Waals surface area contributed by atoms with E-state index in [2.05, 4.69) is 9.88 Å². The molecule has 4 nitrogen and oxygen atoms in total. The van der Waals surface area contributed by atoms with Crippen LogP contribution in [-0.4, -0.2) is 36.2 Å². The monoisotopic (exact) mass is 303 g/mol. The van der Waals surface area contributed by atoms with Crippen molar-refractivity contribution in [3.63, 3.8) is 0 Å². The van der Waals surface area contributed by atoms with Crippen LogP contribution in [0.2, 0.25) is 0 Å². The van der Waals surface area contributed by atoms with Gasteiger partial charge in [-0.3, -0.25) is 4.90 Å². The number of nitrogen functional groups attached to an aromatic ring is 1. The summed E-state index contributed by atoms with van der Waals surface area (Å²) in [5, 5.41) is 0.683. The highest BCUT2D eigenvalue weighted by Gasteiger charge is 2.29. The molecule has 2 atom stereocenters. The third kappa shape index (κ3) is 3.81. The summed E-state index contributed by atoms with van der Waals surface area (Å²) in [6.07, 6.45) is 5.86. The van der Waals surface area contributed by atoms with Gasteiger partial charge in [0.1, 0.15) is 0 Å². The average molecular weight is 304 g/mol. The molecule has 0 saturated carbocycles. The van der Waals surface area contributed by atoms with Crippen LogP contribution in [0.5, 0.6) is 0 Å². The summed E-state index contributed by atoms with van der Waals surface area (Å²) in [7, 11) is 0. The standard InChI is InChI=1S/C13H21N3OS.ClH/c14-13-15-6-12(18-13)8-16-4-1-2-10(7-16)11-3-5-17-9-11;/h6,10-11H,1-5,7-9H2,(H2,14,15);1H. The first-order chi connectivity index (χ1) is 8.81. The smallest absolute Gasteiger partial charge is 0.180 e. The van der Waals surface area contributed by atoms with Gasteiger partial charge in [0.25, 0.3) is 0 Å². The van der Waals surface area contributed by atoms with E-state index in [4.69, 9.17) is 10.5 Å². The molecule has 1 aromatic rings. The number of thiazole rings is 1. The SMILES string of the molecule is Cl.Nc1ncc(CN2CCCC(C3CCOC3)C2)s1. The van der Waals surface area contributed by atoms with Crippen LogP contribution in [0.15, 0.2) is 6.20 Å². The maximum absolute atomic E-state index is 5.68. The quantitative estimate of drug-likeness (QED) is 0.931. The number of aromatic nitrogens is 1. The molecule has 0 spiro atoms. The highest BCUT2D eigenvalue weighted by atomic mass is 35.5. The molecule has 108 valence electrons. The molecule has 19 heavy (non-hydrogen) atoms. The predicted molar refractivity (Wildman–Crippen MR) is 80.7 cm³/mol. The van der Waals surface area contributed by atoms with Crippen LogP contribution in [0, 0.1) is 11.8 Å². The Bertz CT molecular complexity index is 395. The third-order valence-electron chi connectivity index (χ3n) is 4.12. The third-order valence-corrected chi connectivity index (χ3v) is 4.94. The van der Waals surface area contributed by atoms with E-state index in [9.17, 15) is 0 Å².